The SMILES string of the molecule is CCCN(c1ccc(Br)cc1C=O)C1CC1. The van der Waals surface area contributed by atoms with Crippen LogP contribution in [0.1, 0.15) is 36.5 Å². The number of rotatable bonds is 5. The van der Waals surface area contributed by atoms with Crippen LogP contribution in [-0.2, 0) is 0 Å². The summed E-state index contributed by atoms with van der Waals surface area (Å²) in [7, 11) is 0. The van der Waals surface area contributed by atoms with Crippen LogP contribution in [0.4, 0.5) is 5.69 Å². The van der Waals surface area contributed by atoms with Crippen molar-refractivity contribution in [1.29, 1.82) is 0 Å². The van der Waals surface area contributed by atoms with E-state index in [-0.39, 0.29) is 0 Å². The third kappa shape index (κ3) is 2.46. The summed E-state index contributed by atoms with van der Waals surface area (Å²) in [5.41, 5.74) is 1.87. The Kier molecular flexibility index (Phi) is 3.64. The van der Waals surface area contributed by atoms with Gasteiger partial charge in [-0.2, -0.15) is 0 Å². The van der Waals surface area contributed by atoms with Gasteiger partial charge in [0.25, 0.3) is 0 Å². The number of carbonyl (C=O) groups excluding carboxylic acids is 1. The zero-order valence-electron chi connectivity index (χ0n) is 9.45. The van der Waals surface area contributed by atoms with Crippen LogP contribution in [0.3, 0.4) is 0 Å². The molecule has 1 aliphatic rings. The van der Waals surface area contributed by atoms with E-state index in [9.17, 15) is 4.79 Å². The van der Waals surface area contributed by atoms with Crippen molar-refractivity contribution in [2.24, 2.45) is 0 Å². The Labute approximate surface area is 105 Å². The first-order chi connectivity index (χ1) is 7.76. The average molecular weight is 282 g/mol. The monoisotopic (exact) mass is 281 g/mol. The third-order valence-electron chi connectivity index (χ3n) is 2.88. The van der Waals surface area contributed by atoms with Crippen LogP contribution in [0.25, 0.3) is 0 Å². The minimum atomic E-state index is 0.653. The summed E-state index contributed by atoms with van der Waals surface area (Å²) in [6, 6.07) is 6.60. The van der Waals surface area contributed by atoms with E-state index in [1.807, 2.05) is 18.2 Å². The van der Waals surface area contributed by atoms with Gasteiger partial charge in [-0.15, -0.1) is 0 Å². The second-order valence-corrected chi connectivity index (χ2v) is 5.16. The highest BCUT2D eigenvalue weighted by Gasteiger charge is 2.29. The van der Waals surface area contributed by atoms with E-state index < -0.39 is 0 Å². The molecule has 2 rings (SSSR count). The van der Waals surface area contributed by atoms with Crippen LogP contribution in [-0.4, -0.2) is 18.9 Å². The Balaban J connectivity index is 2.31. The topological polar surface area (TPSA) is 20.3 Å². The van der Waals surface area contributed by atoms with Crippen LogP contribution in [0, 0.1) is 0 Å². The van der Waals surface area contributed by atoms with E-state index in [1.54, 1.807) is 0 Å². The van der Waals surface area contributed by atoms with E-state index >= 15 is 0 Å². The van der Waals surface area contributed by atoms with Gasteiger partial charge in [0.1, 0.15) is 0 Å². The maximum Gasteiger partial charge on any atom is 0.152 e. The first-order valence-electron chi connectivity index (χ1n) is 5.77. The maximum absolute atomic E-state index is 11.1. The molecule has 86 valence electrons. The Bertz CT molecular complexity index is 388. The molecule has 2 nitrogen and oxygen atoms in total. The van der Waals surface area contributed by atoms with Gasteiger partial charge in [-0.25, -0.2) is 0 Å². The van der Waals surface area contributed by atoms with Gasteiger partial charge in [0.2, 0.25) is 0 Å². The summed E-state index contributed by atoms with van der Waals surface area (Å²) in [5.74, 6) is 0. The molecular weight excluding hydrogens is 266 g/mol. The predicted molar refractivity (Wildman–Crippen MR) is 70.2 cm³/mol. The van der Waals surface area contributed by atoms with Crippen molar-refractivity contribution < 1.29 is 4.79 Å². The molecule has 1 fully saturated rings. The fourth-order valence-corrected chi connectivity index (χ4v) is 2.39. The fraction of sp³-hybridized carbons (Fsp3) is 0.462. The maximum atomic E-state index is 11.1. The molecule has 0 saturated heterocycles. The standard InChI is InChI=1S/C13H16BrNO/c1-2-7-15(12-4-5-12)13-6-3-11(14)8-10(13)9-16/h3,6,8-9,12H,2,4-5,7H2,1H3. The van der Waals surface area contributed by atoms with Crippen molar-refractivity contribution in [1.82, 2.24) is 0 Å². The van der Waals surface area contributed by atoms with Gasteiger partial charge < -0.3 is 4.90 Å². The molecule has 0 amide bonds. The van der Waals surface area contributed by atoms with Gasteiger partial charge in [-0.05, 0) is 37.5 Å². The summed E-state index contributed by atoms with van der Waals surface area (Å²) in [6.45, 7) is 3.21. The van der Waals surface area contributed by atoms with Crippen LogP contribution in [0.15, 0.2) is 22.7 Å². The Morgan fingerprint density at radius 1 is 1.50 bits per heavy atom. The summed E-state index contributed by atoms with van der Waals surface area (Å²) in [6.07, 6.45) is 4.58. The van der Waals surface area contributed by atoms with E-state index in [2.05, 4.69) is 27.8 Å². The molecule has 0 unspecified atom stereocenters. The van der Waals surface area contributed by atoms with Crippen molar-refractivity contribution in [2.45, 2.75) is 32.2 Å². The number of hydrogen-bond donors (Lipinski definition) is 0. The number of hydrogen-bond acceptors (Lipinski definition) is 2. The number of anilines is 1. The van der Waals surface area contributed by atoms with Gasteiger partial charge in [-0.3, -0.25) is 4.79 Å². The zero-order chi connectivity index (χ0) is 11.5. The molecule has 1 aromatic rings. The predicted octanol–water partition coefficient (Wildman–Crippen LogP) is 3.64. The van der Waals surface area contributed by atoms with Crippen LogP contribution in [0.5, 0.6) is 0 Å². The van der Waals surface area contributed by atoms with Crippen LogP contribution < -0.4 is 4.90 Å². The summed E-state index contributed by atoms with van der Waals surface area (Å²) < 4.78 is 0.964. The molecule has 0 atom stereocenters. The quantitative estimate of drug-likeness (QED) is 0.768. The largest absolute Gasteiger partial charge is 0.368 e. The third-order valence-corrected chi connectivity index (χ3v) is 3.37. The summed E-state index contributed by atoms with van der Waals surface area (Å²) in [5, 5.41) is 0. The van der Waals surface area contributed by atoms with E-state index in [1.165, 1.54) is 12.8 Å². The zero-order valence-corrected chi connectivity index (χ0v) is 11.0. The lowest BCUT2D eigenvalue weighted by atomic mass is 10.1. The Morgan fingerprint density at radius 2 is 2.25 bits per heavy atom. The summed E-state index contributed by atoms with van der Waals surface area (Å²) in [4.78, 5) is 13.5. The molecule has 0 N–H and O–H groups in total. The smallest absolute Gasteiger partial charge is 0.152 e. The van der Waals surface area contributed by atoms with Gasteiger partial charge in [-0.1, -0.05) is 22.9 Å². The van der Waals surface area contributed by atoms with Crippen molar-refractivity contribution in [2.75, 3.05) is 11.4 Å². The number of carbonyl (C=O) groups is 1. The molecule has 0 heterocycles. The van der Waals surface area contributed by atoms with Crippen molar-refractivity contribution in [3.8, 4) is 0 Å². The highest BCUT2D eigenvalue weighted by molar-refractivity contribution is 9.10. The molecule has 0 radical (unpaired) electrons. The molecule has 3 heteroatoms. The minimum Gasteiger partial charge on any atom is -0.368 e. The lowest BCUT2D eigenvalue weighted by Crippen LogP contribution is -2.27. The molecule has 0 aliphatic heterocycles. The highest BCUT2D eigenvalue weighted by atomic mass is 79.9. The first-order valence-corrected chi connectivity index (χ1v) is 6.57. The van der Waals surface area contributed by atoms with Gasteiger partial charge in [0.15, 0.2) is 6.29 Å². The molecule has 0 bridgehead atoms. The Hall–Kier alpha value is -0.830. The summed E-state index contributed by atoms with van der Waals surface area (Å²) >= 11 is 3.40. The lowest BCUT2D eigenvalue weighted by molar-refractivity contribution is 0.112. The molecular formula is C13H16BrNO. The van der Waals surface area contributed by atoms with Gasteiger partial charge in [0, 0.05) is 28.3 Å². The normalized spacial score (nSPS) is 14.9. The number of aldehydes is 1. The molecule has 16 heavy (non-hydrogen) atoms. The van der Waals surface area contributed by atoms with E-state index in [0.717, 1.165) is 35.0 Å². The van der Waals surface area contributed by atoms with Crippen molar-refractivity contribution in [3.05, 3.63) is 28.2 Å². The average Bonchev–Trinajstić information content (AvgIpc) is 3.10. The van der Waals surface area contributed by atoms with Crippen LogP contribution >= 0.6 is 15.9 Å². The first kappa shape index (κ1) is 11.6. The van der Waals surface area contributed by atoms with E-state index in [0.29, 0.717) is 6.04 Å². The molecule has 1 saturated carbocycles. The Morgan fingerprint density at radius 3 is 2.81 bits per heavy atom. The lowest BCUT2D eigenvalue weighted by Gasteiger charge is -2.25. The van der Waals surface area contributed by atoms with Gasteiger partial charge >= 0.3 is 0 Å². The fourth-order valence-electron chi connectivity index (χ4n) is 2.01. The molecule has 0 spiro atoms. The van der Waals surface area contributed by atoms with E-state index in [4.69, 9.17) is 0 Å². The second-order valence-electron chi connectivity index (χ2n) is 4.25. The number of benzene rings is 1. The van der Waals surface area contributed by atoms with Crippen molar-refractivity contribution >= 4 is 27.9 Å². The van der Waals surface area contributed by atoms with Crippen LogP contribution in [0.2, 0.25) is 0 Å². The highest BCUT2D eigenvalue weighted by Crippen LogP contribution is 2.34. The second kappa shape index (κ2) is 5.00. The molecule has 1 aromatic carbocycles. The number of nitrogens with zero attached hydrogens (tertiary/aromatic N) is 1. The minimum absolute atomic E-state index is 0.653. The molecule has 1 aliphatic carbocycles. The van der Waals surface area contributed by atoms with Crippen molar-refractivity contribution in [3.63, 3.8) is 0 Å². The molecule has 0 aromatic heterocycles. The van der Waals surface area contributed by atoms with Gasteiger partial charge in [0.05, 0.1) is 0 Å². The number of halogens is 1.